The molecule has 1 radical (unpaired) electrons. The summed E-state index contributed by atoms with van der Waals surface area (Å²) in [5.74, 6) is -6.30. The van der Waals surface area contributed by atoms with Crippen molar-refractivity contribution in [3.05, 3.63) is 0 Å². The maximum Gasteiger partial charge on any atom is 0.305 e. The molecule has 7 atom stereocenters. The van der Waals surface area contributed by atoms with Gasteiger partial charge in [-0.2, -0.15) is 12.6 Å². The van der Waals surface area contributed by atoms with Gasteiger partial charge in [0.15, 0.2) is 11.9 Å². The van der Waals surface area contributed by atoms with E-state index < -0.39 is 84.1 Å². The van der Waals surface area contributed by atoms with Crippen LogP contribution in [0, 0.1) is 22.7 Å². The maximum absolute atomic E-state index is 13.8. The van der Waals surface area contributed by atoms with Crippen molar-refractivity contribution in [2.24, 2.45) is 29.0 Å². The molecular weight excluding hydrogens is 700 g/mol. The Balaban J connectivity index is 6.21. The van der Waals surface area contributed by atoms with Gasteiger partial charge in [-0.25, -0.2) is 0 Å². The largest absolute Gasteiger partial charge is 0.481 e. The van der Waals surface area contributed by atoms with E-state index in [1.165, 1.54) is 0 Å². The number of nitrogens with two attached hydrogens (primary N) is 3. The molecule has 0 bridgehead atoms. The molecule has 52 heavy (non-hydrogen) atoms. The summed E-state index contributed by atoms with van der Waals surface area (Å²) in [5.41, 5.74) is 16.3. The van der Waals surface area contributed by atoms with E-state index in [1.807, 2.05) is 13.8 Å². The van der Waals surface area contributed by atoms with Crippen molar-refractivity contribution in [3.63, 3.8) is 0 Å². The third kappa shape index (κ3) is 19.7. The monoisotopic (exact) mass is 757 g/mol. The highest BCUT2D eigenvalue weighted by Gasteiger charge is 2.34. The third-order valence-corrected chi connectivity index (χ3v) is 8.11. The fourth-order valence-electron chi connectivity index (χ4n) is 4.73. The second kappa shape index (κ2) is 25.3. The second-order valence-electron chi connectivity index (χ2n) is 12.7. The van der Waals surface area contributed by atoms with Crippen LogP contribution < -0.4 is 54.4 Å². The number of aliphatic carboxylic acids is 1. The van der Waals surface area contributed by atoms with Gasteiger partial charge >= 0.3 is 5.97 Å². The highest BCUT2D eigenvalue weighted by Crippen LogP contribution is 2.13. The molecule has 20 nitrogen and oxygen atoms in total. The van der Waals surface area contributed by atoms with Crippen molar-refractivity contribution in [2.75, 3.05) is 18.8 Å². The summed E-state index contributed by atoms with van der Waals surface area (Å²) in [6, 6.07) is -7.26. The van der Waals surface area contributed by atoms with E-state index in [9.17, 15) is 33.6 Å². The van der Waals surface area contributed by atoms with E-state index in [4.69, 9.17) is 33.1 Å². The van der Waals surface area contributed by atoms with Gasteiger partial charge in [0.1, 0.15) is 30.2 Å². The van der Waals surface area contributed by atoms with E-state index in [0.717, 1.165) is 0 Å². The standard InChI is InChI=1S/C31H57N12O8S/c1-5-17(4)24(43-27(49)21(9-7-11-38-31(35)36)40-25(47)19(32)13-23(45)46)29(51)42-22(12-16(2)3)28(50)41-20(8-6-10-37-30(33)34)26(48)39-18(14-44)15-52/h16-22,24,52H,5-13,15,32H2,1-4H3,(H,39,48)(H,40,47)(H,41,50)(H,42,51)(H,43,49)(H,45,46)(H4,33,34,37)(H4,35,36,38)/t17-,18+,19-,20-,21-,22-,24-/m0/s1. The number of amides is 5. The molecule has 0 unspecified atom stereocenters. The minimum atomic E-state index is -1.45. The van der Waals surface area contributed by atoms with Crippen LogP contribution in [0.2, 0.25) is 0 Å². The number of guanidine groups is 2. The Morgan fingerprint density at radius 1 is 0.750 bits per heavy atom. The van der Waals surface area contributed by atoms with Gasteiger partial charge in [-0.05, 0) is 43.9 Å². The summed E-state index contributed by atoms with van der Waals surface area (Å²) in [4.78, 5) is 89.1. The van der Waals surface area contributed by atoms with E-state index in [2.05, 4.69) is 49.8 Å². The third-order valence-electron chi connectivity index (χ3n) is 7.74. The number of carboxylic acid groups (broad SMARTS) is 1. The second-order valence-corrected chi connectivity index (χ2v) is 13.1. The van der Waals surface area contributed by atoms with Gasteiger partial charge in [-0.3, -0.25) is 44.4 Å². The Kier molecular flexibility index (Phi) is 23.0. The molecule has 0 aromatic carbocycles. The van der Waals surface area contributed by atoms with E-state index >= 15 is 0 Å². The SMILES string of the molecule is CC[C@H](C)[C@H](NC(=O)[C@H](CCCNC(=N)N)NC(=O)[C@@H](N)CC(=O)O)C(=O)N[C@@H](CC(C)C)C(=O)N[C@@H](CCCNC(=N)N)C(=O)N[C@H]([C]=O)CS. The number of carbonyl (C=O) groups excluding carboxylic acids is 6. The summed E-state index contributed by atoms with van der Waals surface area (Å²) in [5, 5.41) is 41.7. The molecule has 21 heteroatoms. The lowest BCUT2D eigenvalue weighted by Gasteiger charge is -2.30. The van der Waals surface area contributed by atoms with Crippen LogP contribution in [-0.2, 0) is 33.6 Å². The van der Waals surface area contributed by atoms with Gasteiger partial charge in [0, 0.05) is 18.8 Å². The summed E-state index contributed by atoms with van der Waals surface area (Å²) in [6.45, 7) is 7.51. The molecule has 0 heterocycles. The quantitative estimate of drug-likeness (QED) is 0.0180. The molecule has 0 saturated carbocycles. The van der Waals surface area contributed by atoms with Crippen LogP contribution in [0.15, 0.2) is 0 Å². The first kappa shape index (κ1) is 47.3. The molecule has 0 fully saturated rings. The highest BCUT2D eigenvalue weighted by molar-refractivity contribution is 7.80. The number of thiol groups is 1. The molecule has 5 amide bonds. The van der Waals surface area contributed by atoms with Crippen LogP contribution in [0.1, 0.15) is 72.6 Å². The van der Waals surface area contributed by atoms with Gasteiger partial charge < -0.3 is 59.5 Å². The van der Waals surface area contributed by atoms with Gasteiger partial charge in [0.05, 0.1) is 12.5 Å². The fourth-order valence-corrected chi connectivity index (χ4v) is 4.90. The molecule has 16 N–H and O–H groups in total. The smallest absolute Gasteiger partial charge is 0.305 e. The molecule has 0 aromatic heterocycles. The number of carbonyl (C=O) groups is 6. The molecule has 0 spiro atoms. The zero-order chi connectivity index (χ0) is 40.0. The molecule has 295 valence electrons. The molecule has 0 aliphatic rings. The lowest BCUT2D eigenvalue weighted by Crippen LogP contribution is -2.60. The van der Waals surface area contributed by atoms with Crippen LogP contribution in [-0.4, -0.2) is 114 Å². The van der Waals surface area contributed by atoms with Crippen molar-refractivity contribution in [3.8, 4) is 0 Å². The van der Waals surface area contributed by atoms with Crippen molar-refractivity contribution in [2.45, 2.75) is 109 Å². The first-order chi connectivity index (χ1) is 24.4. The molecule has 0 aliphatic heterocycles. The summed E-state index contributed by atoms with van der Waals surface area (Å²) in [6.07, 6.45) is 2.14. The molecule has 0 rings (SSSR count). The van der Waals surface area contributed by atoms with Crippen molar-refractivity contribution < 1.29 is 38.7 Å². The van der Waals surface area contributed by atoms with Crippen molar-refractivity contribution >= 4 is 66.3 Å². The molecular formula is C31H57N12O8S. The Morgan fingerprint density at radius 2 is 1.21 bits per heavy atom. The van der Waals surface area contributed by atoms with E-state index in [1.54, 1.807) is 20.1 Å². The topological polar surface area (TPSA) is 350 Å². The Hall–Kier alpha value is -4.66. The van der Waals surface area contributed by atoms with E-state index in [0.29, 0.717) is 12.8 Å². The van der Waals surface area contributed by atoms with E-state index in [-0.39, 0.29) is 62.4 Å². The highest BCUT2D eigenvalue weighted by atomic mass is 32.1. The average molecular weight is 758 g/mol. The Bertz CT molecular complexity index is 1240. The number of nitrogens with one attached hydrogen (secondary N) is 9. The normalized spacial score (nSPS) is 14.9. The lowest BCUT2D eigenvalue weighted by atomic mass is 9.96. The Morgan fingerprint density at radius 3 is 1.63 bits per heavy atom. The predicted octanol–water partition coefficient (Wildman–Crippen LogP) is -3.13. The zero-order valence-corrected chi connectivity index (χ0v) is 31.1. The van der Waals surface area contributed by atoms with Crippen LogP contribution in [0.5, 0.6) is 0 Å². The minimum absolute atomic E-state index is 0.00615. The number of carboxylic acids is 1. The van der Waals surface area contributed by atoms with Gasteiger partial charge in [-0.15, -0.1) is 0 Å². The lowest BCUT2D eigenvalue weighted by molar-refractivity contribution is -0.140. The van der Waals surface area contributed by atoms with Crippen LogP contribution in [0.4, 0.5) is 0 Å². The number of hydrogen-bond donors (Lipinski definition) is 14. The molecule has 0 aliphatic carbocycles. The first-order valence-electron chi connectivity index (χ1n) is 17.0. The van der Waals surface area contributed by atoms with Gasteiger partial charge in [0.25, 0.3) is 0 Å². The fraction of sp³-hybridized carbons (Fsp3) is 0.710. The average Bonchev–Trinajstić information content (AvgIpc) is 3.06. The molecule has 0 saturated heterocycles. The zero-order valence-electron chi connectivity index (χ0n) is 30.2. The summed E-state index contributed by atoms with van der Waals surface area (Å²) < 4.78 is 0. The van der Waals surface area contributed by atoms with Gasteiger partial charge in [-0.1, -0.05) is 34.1 Å². The minimum Gasteiger partial charge on any atom is -0.481 e. The van der Waals surface area contributed by atoms with Crippen molar-refractivity contribution in [1.82, 2.24) is 37.2 Å². The van der Waals surface area contributed by atoms with Crippen LogP contribution in [0.3, 0.4) is 0 Å². The van der Waals surface area contributed by atoms with Crippen LogP contribution in [0.25, 0.3) is 0 Å². The van der Waals surface area contributed by atoms with Crippen molar-refractivity contribution in [1.29, 1.82) is 10.8 Å². The number of rotatable bonds is 26. The molecule has 0 aromatic rings. The number of hydrogen-bond acceptors (Lipinski definition) is 11. The predicted molar refractivity (Wildman–Crippen MR) is 197 cm³/mol. The van der Waals surface area contributed by atoms with Crippen LogP contribution >= 0.6 is 12.6 Å². The first-order valence-corrected chi connectivity index (χ1v) is 17.6. The summed E-state index contributed by atoms with van der Waals surface area (Å²) >= 11 is 4.02. The summed E-state index contributed by atoms with van der Waals surface area (Å²) in [7, 11) is 0. The Labute approximate surface area is 309 Å². The van der Waals surface area contributed by atoms with Gasteiger partial charge in [0.2, 0.25) is 35.8 Å². The maximum atomic E-state index is 13.8.